The van der Waals surface area contributed by atoms with Crippen molar-refractivity contribution in [3.63, 3.8) is 0 Å². The lowest BCUT2D eigenvalue weighted by Gasteiger charge is -2.41. The maximum atomic E-state index is 14.8. The van der Waals surface area contributed by atoms with Gasteiger partial charge in [0.15, 0.2) is 11.6 Å². The molecule has 0 unspecified atom stereocenters. The molecule has 6 amide bonds. The number of aliphatic hydroxyl groups is 1. The summed E-state index contributed by atoms with van der Waals surface area (Å²) in [6.45, 7) is 19.3. The first kappa shape index (κ1) is 68.5. The number of urea groups is 1. The number of primary amides is 1. The Morgan fingerprint density at radius 3 is 1.95 bits per heavy atom. The van der Waals surface area contributed by atoms with Crippen LogP contribution in [0.2, 0.25) is 0 Å². The number of benzene rings is 2. The number of rotatable bonds is 34. The van der Waals surface area contributed by atoms with E-state index < -0.39 is 66.3 Å². The minimum absolute atomic E-state index is 0.0364. The van der Waals surface area contributed by atoms with Crippen LogP contribution in [0.5, 0.6) is 0 Å². The van der Waals surface area contributed by atoms with Crippen LogP contribution in [0.25, 0.3) is 0 Å². The molecule has 7 N–H and O–H groups in total. The van der Waals surface area contributed by atoms with Crippen molar-refractivity contribution in [1.82, 2.24) is 20.0 Å². The molecular weight excluding hydrogens is 1020 g/mol. The number of likely N-dealkylation sites (tertiary alicyclic amines) is 1. The number of likely N-dealkylation sites (N-methyl/N-ethyl adjacent to an activating group) is 2. The Labute approximate surface area is 476 Å². The second kappa shape index (κ2) is 33.2. The summed E-state index contributed by atoms with van der Waals surface area (Å²) in [6, 6.07) is 12.7. The SMILES string of the molecule is CC[C@@H](C)[C@@H]([C@@H](CC(=O)N1CCC[C@H]1[C@H](OC)[C@@H](C)C(=O)C[C@H](C)[C@@H](O)c1ccccc1)OC)N(C)C(=O)[C@@H](CC(=O)[C@H](C(C)C)N(C)C(=O)OCc1ccc(NC(=O)[C@H](CCCNC(N)=O)CC(=O)[C@@H](N)C(C)C)cc1)C(C)C. The number of aliphatic hydroxyl groups excluding tert-OH is 1. The number of hydrogen-bond acceptors (Lipinski definition) is 13. The van der Waals surface area contributed by atoms with Gasteiger partial charge in [-0.05, 0) is 78.5 Å². The highest BCUT2D eigenvalue weighted by Gasteiger charge is 2.44. The van der Waals surface area contributed by atoms with Crippen molar-refractivity contribution in [3.05, 3.63) is 65.7 Å². The highest BCUT2D eigenvalue weighted by Crippen LogP contribution is 2.33. The van der Waals surface area contributed by atoms with Crippen molar-refractivity contribution in [2.45, 2.75) is 176 Å². The molecule has 0 aromatic heterocycles. The van der Waals surface area contributed by atoms with Crippen molar-refractivity contribution in [2.75, 3.05) is 46.7 Å². The molecule has 1 fully saturated rings. The van der Waals surface area contributed by atoms with Gasteiger partial charge in [0.1, 0.15) is 12.4 Å². The van der Waals surface area contributed by atoms with Crippen LogP contribution in [0, 0.1) is 47.3 Å². The van der Waals surface area contributed by atoms with Gasteiger partial charge in [-0.25, -0.2) is 9.59 Å². The molecule has 2 aromatic carbocycles. The van der Waals surface area contributed by atoms with E-state index in [0.717, 1.165) is 12.0 Å². The van der Waals surface area contributed by atoms with Crippen molar-refractivity contribution < 1.29 is 57.7 Å². The third-order valence-electron chi connectivity index (χ3n) is 16.3. The summed E-state index contributed by atoms with van der Waals surface area (Å²) in [6.07, 6.45) is -0.218. The van der Waals surface area contributed by atoms with Gasteiger partial charge >= 0.3 is 12.1 Å². The number of methoxy groups -OCH3 is 2. The molecule has 19 heteroatoms. The van der Waals surface area contributed by atoms with Gasteiger partial charge in [0.2, 0.25) is 17.7 Å². The zero-order valence-electron chi connectivity index (χ0n) is 50.3. The first-order valence-electron chi connectivity index (χ1n) is 28.7. The molecule has 1 saturated heterocycles. The van der Waals surface area contributed by atoms with Gasteiger partial charge in [-0.3, -0.25) is 28.8 Å². The fourth-order valence-electron chi connectivity index (χ4n) is 11.1. The summed E-state index contributed by atoms with van der Waals surface area (Å²) >= 11 is 0. The predicted octanol–water partition coefficient (Wildman–Crippen LogP) is 7.71. The summed E-state index contributed by atoms with van der Waals surface area (Å²) in [5, 5.41) is 16.3. The Morgan fingerprint density at radius 2 is 1.40 bits per heavy atom. The van der Waals surface area contributed by atoms with E-state index in [1.54, 1.807) is 48.2 Å². The minimum Gasteiger partial charge on any atom is -0.445 e. The number of hydrogen-bond donors (Lipinski definition) is 5. The van der Waals surface area contributed by atoms with E-state index in [1.807, 2.05) is 99.6 Å². The number of nitrogens with zero attached hydrogens (tertiary/aromatic N) is 3. The quantitative estimate of drug-likeness (QED) is 0.0421. The number of carbonyl (C=O) groups is 8. The van der Waals surface area contributed by atoms with E-state index in [9.17, 15) is 43.5 Å². The van der Waals surface area contributed by atoms with Gasteiger partial charge in [0.05, 0.1) is 48.9 Å². The van der Waals surface area contributed by atoms with E-state index in [4.69, 9.17) is 25.7 Å². The van der Waals surface area contributed by atoms with E-state index in [0.29, 0.717) is 43.5 Å². The Bertz CT molecular complexity index is 2320. The lowest BCUT2D eigenvalue weighted by atomic mass is 9.83. The highest BCUT2D eigenvalue weighted by molar-refractivity contribution is 5.96. The molecule has 0 radical (unpaired) electrons. The van der Waals surface area contributed by atoms with Crippen LogP contribution < -0.4 is 22.1 Å². The largest absolute Gasteiger partial charge is 0.445 e. The van der Waals surface area contributed by atoms with Crippen molar-refractivity contribution in [2.24, 2.45) is 58.8 Å². The average Bonchev–Trinajstić information content (AvgIpc) is 3.91. The van der Waals surface area contributed by atoms with Crippen LogP contribution in [0.15, 0.2) is 54.6 Å². The average molecular weight is 1120 g/mol. The number of amides is 6. The highest BCUT2D eigenvalue weighted by atomic mass is 16.6. The Hall–Kier alpha value is -5.76. The number of ketones is 3. The number of nitrogens with one attached hydrogen (secondary N) is 2. The number of Topliss-reactive ketones (excluding diaryl/α,β-unsaturated/α-hetero) is 3. The second-order valence-electron chi connectivity index (χ2n) is 23.2. The first-order chi connectivity index (χ1) is 37.7. The molecule has 1 aliphatic heterocycles. The van der Waals surface area contributed by atoms with Crippen molar-refractivity contribution in [1.29, 1.82) is 0 Å². The summed E-state index contributed by atoms with van der Waals surface area (Å²) in [5.41, 5.74) is 13.1. The number of ether oxygens (including phenoxy) is 3. The molecule has 1 aliphatic rings. The molecule has 2 aromatic rings. The third kappa shape index (κ3) is 19.8. The number of carbonyl (C=O) groups excluding carboxylic acids is 8. The van der Waals surface area contributed by atoms with Crippen LogP contribution in [-0.4, -0.2) is 145 Å². The zero-order valence-corrected chi connectivity index (χ0v) is 50.3. The topological polar surface area (TPSA) is 270 Å². The van der Waals surface area contributed by atoms with Crippen LogP contribution in [0.4, 0.5) is 15.3 Å². The van der Waals surface area contributed by atoms with Crippen LogP contribution in [0.1, 0.15) is 144 Å². The first-order valence-corrected chi connectivity index (χ1v) is 28.7. The van der Waals surface area contributed by atoms with E-state index in [1.165, 1.54) is 19.1 Å². The molecule has 19 nitrogen and oxygen atoms in total. The molecule has 0 bridgehead atoms. The summed E-state index contributed by atoms with van der Waals surface area (Å²) in [5.74, 6) is -4.67. The van der Waals surface area contributed by atoms with Gasteiger partial charge in [-0.2, -0.15) is 0 Å². The predicted molar refractivity (Wildman–Crippen MR) is 309 cm³/mol. The van der Waals surface area contributed by atoms with Crippen LogP contribution in [-0.2, 0) is 49.6 Å². The van der Waals surface area contributed by atoms with Gasteiger partial charge in [0.25, 0.3) is 0 Å². The van der Waals surface area contributed by atoms with E-state index in [-0.39, 0.29) is 110 Å². The standard InChI is InChI=1S/C61H97N7O12/c1-15-39(8)55(51(78-13)34-52(72)68-30-20-24-47(68)57(79-14)41(10)48(69)31-40(9)56(73)43-21-17-16-18-22-43)66(11)59(75)46(36(2)3)33-50(71)54(38(6)7)67(12)61(77)80-35-42-25-27-45(28-26-42)65-58(74)44(23-19-29-64-60(63)76)32-49(70)53(62)37(4)5/h16-18,21-22,25-28,36-41,44,46-47,51,53-57,73H,15,19-20,23-24,29-35,62H2,1-14H3,(H,65,74)(H3,63,64,76)/t39-,40+,41+,44-,46+,47+,51-,53+,54+,55+,56-,57-/m1/s1. The summed E-state index contributed by atoms with van der Waals surface area (Å²) in [7, 11) is 6.28. The van der Waals surface area contributed by atoms with Gasteiger partial charge in [-0.1, -0.05) is 118 Å². The Kier molecular flexibility index (Phi) is 28.5. The lowest BCUT2D eigenvalue weighted by molar-refractivity contribution is -0.149. The fourth-order valence-corrected chi connectivity index (χ4v) is 11.1. The summed E-state index contributed by atoms with van der Waals surface area (Å²) in [4.78, 5) is 113. The molecular formula is C61H97N7O12. The van der Waals surface area contributed by atoms with E-state index >= 15 is 0 Å². The maximum absolute atomic E-state index is 14.8. The molecule has 12 atom stereocenters. The smallest absolute Gasteiger partial charge is 0.410 e. The van der Waals surface area contributed by atoms with Crippen molar-refractivity contribution in [3.8, 4) is 0 Å². The fraction of sp³-hybridized carbons (Fsp3) is 0.672. The van der Waals surface area contributed by atoms with Gasteiger partial charge < -0.3 is 56.1 Å². The molecule has 448 valence electrons. The normalized spacial score (nSPS) is 17.7. The second-order valence-corrected chi connectivity index (χ2v) is 23.2. The number of anilines is 1. The Morgan fingerprint density at radius 1 is 0.762 bits per heavy atom. The van der Waals surface area contributed by atoms with Crippen molar-refractivity contribution >= 4 is 52.9 Å². The molecule has 3 rings (SSSR count). The third-order valence-corrected chi connectivity index (χ3v) is 16.3. The molecule has 0 aliphatic carbocycles. The monoisotopic (exact) mass is 1120 g/mol. The van der Waals surface area contributed by atoms with Gasteiger partial charge in [-0.15, -0.1) is 0 Å². The zero-order chi connectivity index (χ0) is 60.1. The maximum Gasteiger partial charge on any atom is 0.410 e. The Balaban J connectivity index is 1.70. The summed E-state index contributed by atoms with van der Waals surface area (Å²) < 4.78 is 17.8. The van der Waals surface area contributed by atoms with Gasteiger partial charge in [0, 0.05) is 84.1 Å². The number of nitrogens with two attached hydrogens (primary N) is 2. The minimum atomic E-state index is -0.928. The molecule has 0 spiro atoms. The molecule has 0 saturated carbocycles. The lowest BCUT2D eigenvalue weighted by Crippen LogP contribution is -2.54. The van der Waals surface area contributed by atoms with Crippen LogP contribution >= 0.6 is 0 Å². The van der Waals surface area contributed by atoms with E-state index in [2.05, 4.69) is 10.6 Å². The molecule has 1 heterocycles. The van der Waals surface area contributed by atoms with Crippen LogP contribution in [0.3, 0.4) is 0 Å². The molecule has 80 heavy (non-hydrogen) atoms.